The summed E-state index contributed by atoms with van der Waals surface area (Å²) in [5.41, 5.74) is 0. The molecule has 0 amide bonds. The fourth-order valence-electron chi connectivity index (χ4n) is 4.28. The predicted octanol–water partition coefficient (Wildman–Crippen LogP) is 1.52. The highest BCUT2D eigenvalue weighted by Crippen LogP contribution is 2.31. The quantitative estimate of drug-likeness (QED) is 0.599. The molecule has 3 aliphatic heterocycles. The minimum Gasteiger partial charge on any atom is -0.381 e. The molecule has 2 unspecified atom stereocenters. The number of rotatable bonds is 4. The number of hydrogen-bond donors (Lipinski definition) is 1. The number of nitrogens with one attached hydrogen (secondary N) is 1. The maximum absolute atomic E-state index is 11.7. The van der Waals surface area contributed by atoms with Gasteiger partial charge >= 0.3 is 0 Å². The van der Waals surface area contributed by atoms with E-state index in [1.165, 1.54) is 19.3 Å². The first kappa shape index (κ1) is 19.0. The number of sulfone groups is 1. The van der Waals surface area contributed by atoms with Gasteiger partial charge in [-0.15, -0.1) is 0 Å². The SMILES string of the molecule is CC(C)NC(=NCC1CCS(=O)(=O)C1)N1CCC(C2CCOCC2)C1. The molecule has 2 atom stereocenters. The Bertz CT molecular complexity index is 570. The molecule has 0 aromatic rings. The van der Waals surface area contributed by atoms with E-state index in [2.05, 4.69) is 24.1 Å². The molecule has 0 aromatic heterocycles. The van der Waals surface area contributed by atoms with Crippen molar-refractivity contribution in [2.24, 2.45) is 22.7 Å². The minimum absolute atomic E-state index is 0.183. The van der Waals surface area contributed by atoms with Gasteiger partial charge in [-0.2, -0.15) is 0 Å². The van der Waals surface area contributed by atoms with Crippen LogP contribution in [0.1, 0.15) is 39.5 Å². The van der Waals surface area contributed by atoms with Gasteiger partial charge in [0.05, 0.1) is 11.5 Å². The van der Waals surface area contributed by atoms with Gasteiger partial charge in [-0.25, -0.2) is 8.42 Å². The predicted molar refractivity (Wildman–Crippen MR) is 101 cm³/mol. The minimum atomic E-state index is -2.82. The van der Waals surface area contributed by atoms with Crippen LogP contribution in [0.25, 0.3) is 0 Å². The van der Waals surface area contributed by atoms with E-state index in [0.29, 0.717) is 24.1 Å². The summed E-state index contributed by atoms with van der Waals surface area (Å²) in [7, 11) is -2.82. The summed E-state index contributed by atoms with van der Waals surface area (Å²) in [5.74, 6) is 3.29. The second-order valence-electron chi connectivity index (χ2n) is 8.18. The van der Waals surface area contributed by atoms with Gasteiger partial charge in [0, 0.05) is 38.9 Å². The molecule has 0 saturated carbocycles. The highest BCUT2D eigenvalue weighted by molar-refractivity contribution is 7.91. The number of guanidine groups is 1. The smallest absolute Gasteiger partial charge is 0.194 e. The lowest BCUT2D eigenvalue weighted by Crippen LogP contribution is -2.44. The van der Waals surface area contributed by atoms with Crippen LogP contribution in [0.5, 0.6) is 0 Å². The summed E-state index contributed by atoms with van der Waals surface area (Å²) in [5, 5.41) is 3.49. The van der Waals surface area contributed by atoms with Crippen molar-refractivity contribution in [3.63, 3.8) is 0 Å². The zero-order valence-corrected chi connectivity index (χ0v) is 16.4. The number of hydrogen-bond acceptors (Lipinski definition) is 4. The Labute approximate surface area is 152 Å². The van der Waals surface area contributed by atoms with Crippen LogP contribution in [0.15, 0.2) is 4.99 Å². The maximum atomic E-state index is 11.7. The fourth-order valence-corrected chi connectivity index (χ4v) is 6.13. The highest BCUT2D eigenvalue weighted by atomic mass is 32.2. The summed E-state index contributed by atoms with van der Waals surface area (Å²) in [4.78, 5) is 7.19. The van der Waals surface area contributed by atoms with E-state index in [1.807, 2.05) is 0 Å². The average Bonchev–Trinajstić information content (AvgIpc) is 3.18. The van der Waals surface area contributed by atoms with Crippen LogP contribution < -0.4 is 5.32 Å². The second-order valence-corrected chi connectivity index (χ2v) is 10.4. The number of ether oxygens (including phenoxy) is 1. The number of nitrogens with zero attached hydrogens (tertiary/aromatic N) is 2. The lowest BCUT2D eigenvalue weighted by Gasteiger charge is -2.29. The van der Waals surface area contributed by atoms with Gasteiger partial charge < -0.3 is 15.0 Å². The molecule has 25 heavy (non-hydrogen) atoms. The standard InChI is InChI=1S/C18H33N3O3S/c1-14(2)20-18(19-11-15-6-10-25(22,23)13-15)21-7-3-17(12-21)16-4-8-24-9-5-16/h14-17H,3-13H2,1-2H3,(H,19,20). The number of aliphatic imine (C=N–C) groups is 1. The molecule has 3 saturated heterocycles. The van der Waals surface area contributed by atoms with Gasteiger partial charge in [0.15, 0.2) is 15.8 Å². The summed E-state index contributed by atoms with van der Waals surface area (Å²) in [6.45, 7) is 8.79. The third kappa shape index (κ3) is 5.33. The van der Waals surface area contributed by atoms with E-state index in [9.17, 15) is 8.42 Å². The summed E-state index contributed by atoms with van der Waals surface area (Å²) in [6.07, 6.45) is 4.35. The molecule has 0 aromatic carbocycles. The van der Waals surface area contributed by atoms with Gasteiger partial charge in [0.1, 0.15) is 0 Å². The van der Waals surface area contributed by atoms with Gasteiger partial charge in [0.2, 0.25) is 0 Å². The third-order valence-corrected chi connectivity index (χ3v) is 7.54. The Morgan fingerprint density at radius 2 is 1.96 bits per heavy atom. The topological polar surface area (TPSA) is 71.0 Å². The Morgan fingerprint density at radius 3 is 2.60 bits per heavy atom. The van der Waals surface area contributed by atoms with E-state index >= 15 is 0 Å². The first-order chi connectivity index (χ1) is 11.9. The van der Waals surface area contributed by atoms with Crippen molar-refractivity contribution in [2.75, 3.05) is 44.4 Å². The Balaban J connectivity index is 1.59. The summed E-state index contributed by atoms with van der Waals surface area (Å²) >= 11 is 0. The molecule has 3 rings (SSSR count). The van der Waals surface area contributed by atoms with Crippen molar-refractivity contribution in [3.8, 4) is 0 Å². The molecular formula is C18H33N3O3S. The van der Waals surface area contributed by atoms with Gasteiger partial charge in [-0.1, -0.05) is 0 Å². The van der Waals surface area contributed by atoms with E-state index in [0.717, 1.165) is 50.5 Å². The van der Waals surface area contributed by atoms with Crippen molar-refractivity contribution in [3.05, 3.63) is 0 Å². The van der Waals surface area contributed by atoms with Crippen LogP contribution in [0.3, 0.4) is 0 Å². The van der Waals surface area contributed by atoms with Crippen molar-refractivity contribution in [1.29, 1.82) is 0 Å². The van der Waals surface area contributed by atoms with Crippen LogP contribution in [-0.4, -0.2) is 69.7 Å². The number of likely N-dealkylation sites (tertiary alicyclic amines) is 1. The van der Waals surface area contributed by atoms with Gasteiger partial charge in [0.25, 0.3) is 0 Å². The van der Waals surface area contributed by atoms with Crippen molar-refractivity contribution < 1.29 is 13.2 Å². The first-order valence-electron chi connectivity index (χ1n) is 9.77. The molecule has 3 fully saturated rings. The normalized spacial score (nSPS) is 31.0. The average molecular weight is 372 g/mol. The molecule has 0 aliphatic carbocycles. The zero-order chi connectivity index (χ0) is 17.9. The summed E-state index contributed by atoms with van der Waals surface area (Å²) in [6, 6.07) is 0.327. The molecule has 144 valence electrons. The van der Waals surface area contributed by atoms with Crippen molar-refractivity contribution in [1.82, 2.24) is 10.2 Å². The molecule has 3 heterocycles. The van der Waals surface area contributed by atoms with Crippen LogP contribution in [0.2, 0.25) is 0 Å². The van der Waals surface area contributed by atoms with E-state index in [1.54, 1.807) is 0 Å². The highest BCUT2D eigenvalue weighted by Gasteiger charge is 2.33. The first-order valence-corrected chi connectivity index (χ1v) is 11.6. The molecule has 6 nitrogen and oxygen atoms in total. The molecule has 0 radical (unpaired) electrons. The molecule has 7 heteroatoms. The van der Waals surface area contributed by atoms with Crippen LogP contribution in [0, 0.1) is 17.8 Å². The second kappa shape index (κ2) is 8.25. The van der Waals surface area contributed by atoms with Crippen molar-refractivity contribution >= 4 is 15.8 Å². The molecule has 0 bridgehead atoms. The van der Waals surface area contributed by atoms with Crippen LogP contribution in [0.4, 0.5) is 0 Å². The molecule has 1 N–H and O–H groups in total. The Hall–Kier alpha value is -0.820. The van der Waals surface area contributed by atoms with Gasteiger partial charge in [-0.3, -0.25) is 4.99 Å². The Kier molecular flexibility index (Phi) is 6.25. The third-order valence-electron chi connectivity index (χ3n) is 5.70. The zero-order valence-electron chi connectivity index (χ0n) is 15.6. The lowest BCUT2D eigenvalue weighted by molar-refractivity contribution is 0.0488. The molecule has 3 aliphatic rings. The fraction of sp³-hybridized carbons (Fsp3) is 0.944. The van der Waals surface area contributed by atoms with E-state index < -0.39 is 9.84 Å². The monoisotopic (exact) mass is 371 g/mol. The van der Waals surface area contributed by atoms with Gasteiger partial charge in [-0.05, 0) is 57.3 Å². The Morgan fingerprint density at radius 1 is 1.20 bits per heavy atom. The maximum Gasteiger partial charge on any atom is 0.194 e. The van der Waals surface area contributed by atoms with E-state index in [4.69, 9.17) is 9.73 Å². The molecular weight excluding hydrogens is 338 g/mol. The molecule has 0 spiro atoms. The lowest BCUT2D eigenvalue weighted by atomic mass is 9.85. The van der Waals surface area contributed by atoms with Crippen LogP contribution >= 0.6 is 0 Å². The van der Waals surface area contributed by atoms with E-state index in [-0.39, 0.29) is 5.92 Å². The van der Waals surface area contributed by atoms with Crippen LogP contribution in [-0.2, 0) is 14.6 Å². The van der Waals surface area contributed by atoms with Crippen molar-refractivity contribution in [2.45, 2.75) is 45.6 Å². The summed E-state index contributed by atoms with van der Waals surface area (Å²) < 4.78 is 28.8. The largest absolute Gasteiger partial charge is 0.381 e.